The molecule has 0 amide bonds. The summed E-state index contributed by atoms with van der Waals surface area (Å²) >= 11 is 3.41. The van der Waals surface area contributed by atoms with Crippen LogP contribution in [0.25, 0.3) is 10.9 Å². The Balaban J connectivity index is 2.01. The number of nitrogens with zero attached hydrogens (tertiary/aromatic N) is 2. The fraction of sp³-hybridized carbons (Fsp3) is 0.125. The lowest BCUT2D eigenvalue weighted by Crippen LogP contribution is -2.21. The Morgan fingerprint density at radius 3 is 2.67 bits per heavy atom. The number of halogens is 1. The van der Waals surface area contributed by atoms with Gasteiger partial charge in [0.1, 0.15) is 5.75 Å². The lowest BCUT2D eigenvalue weighted by molar-refractivity contribution is 0.414. The SMILES string of the molecule is COc1ccc(Cn2cnc3c(Br)cccc3c2=O)cc1. The van der Waals surface area contributed by atoms with Crippen LogP contribution in [0, 0.1) is 0 Å². The molecular weight excluding hydrogens is 332 g/mol. The Morgan fingerprint density at radius 1 is 1.19 bits per heavy atom. The van der Waals surface area contributed by atoms with Crippen molar-refractivity contribution in [3.05, 3.63) is 69.2 Å². The highest BCUT2D eigenvalue weighted by atomic mass is 79.9. The van der Waals surface area contributed by atoms with Crippen LogP contribution in [0.2, 0.25) is 0 Å². The molecule has 106 valence electrons. The van der Waals surface area contributed by atoms with E-state index in [9.17, 15) is 4.79 Å². The first kappa shape index (κ1) is 13.8. The normalized spacial score (nSPS) is 10.8. The predicted octanol–water partition coefficient (Wildman–Crippen LogP) is 3.22. The van der Waals surface area contributed by atoms with Gasteiger partial charge in [-0.15, -0.1) is 0 Å². The molecule has 0 atom stereocenters. The first-order valence-corrected chi connectivity index (χ1v) is 7.25. The first-order valence-electron chi connectivity index (χ1n) is 6.45. The van der Waals surface area contributed by atoms with E-state index in [1.54, 1.807) is 24.1 Å². The fourth-order valence-corrected chi connectivity index (χ4v) is 2.66. The fourth-order valence-electron chi connectivity index (χ4n) is 2.19. The number of hydrogen-bond acceptors (Lipinski definition) is 3. The second-order valence-electron chi connectivity index (χ2n) is 4.66. The molecule has 2 aromatic carbocycles. The molecule has 0 radical (unpaired) electrons. The van der Waals surface area contributed by atoms with Gasteiger partial charge in [-0.1, -0.05) is 18.2 Å². The summed E-state index contributed by atoms with van der Waals surface area (Å²) in [6, 6.07) is 13.2. The molecule has 0 aliphatic carbocycles. The molecule has 0 aliphatic heterocycles. The zero-order valence-electron chi connectivity index (χ0n) is 11.4. The molecule has 0 saturated carbocycles. The van der Waals surface area contributed by atoms with Gasteiger partial charge in [-0.05, 0) is 45.8 Å². The molecule has 21 heavy (non-hydrogen) atoms. The number of methoxy groups -OCH3 is 1. The van der Waals surface area contributed by atoms with Crippen molar-refractivity contribution in [2.45, 2.75) is 6.54 Å². The lowest BCUT2D eigenvalue weighted by atomic mass is 10.2. The van der Waals surface area contributed by atoms with Crippen LogP contribution >= 0.6 is 15.9 Å². The van der Waals surface area contributed by atoms with Gasteiger partial charge in [0, 0.05) is 4.47 Å². The molecule has 4 nitrogen and oxygen atoms in total. The zero-order chi connectivity index (χ0) is 14.8. The van der Waals surface area contributed by atoms with E-state index in [4.69, 9.17) is 4.74 Å². The van der Waals surface area contributed by atoms with E-state index in [1.165, 1.54) is 0 Å². The summed E-state index contributed by atoms with van der Waals surface area (Å²) in [7, 11) is 1.63. The van der Waals surface area contributed by atoms with Crippen molar-refractivity contribution >= 4 is 26.8 Å². The van der Waals surface area contributed by atoms with Crippen LogP contribution in [-0.4, -0.2) is 16.7 Å². The molecule has 0 fully saturated rings. The zero-order valence-corrected chi connectivity index (χ0v) is 13.0. The molecule has 0 N–H and O–H groups in total. The van der Waals surface area contributed by atoms with Gasteiger partial charge in [-0.3, -0.25) is 9.36 Å². The monoisotopic (exact) mass is 344 g/mol. The average molecular weight is 345 g/mol. The van der Waals surface area contributed by atoms with Crippen LogP contribution in [0.4, 0.5) is 0 Å². The van der Waals surface area contributed by atoms with E-state index >= 15 is 0 Å². The third-order valence-corrected chi connectivity index (χ3v) is 3.96. The van der Waals surface area contributed by atoms with Crippen molar-refractivity contribution < 1.29 is 4.74 Å². The van der Waals surface area contributed by atoms with Crippen LogP contribution in [0.1, 0.15) is 5.56 Å². The summed E-state index contributed by atoms with van der Waals surface area (Å²) in [4.78, 5) is 16.8. The Bertz CT molecular complexity index is 841. The van der Waals surface area contributed by atoms with Gasteiger partial charge in [-0.25, -0.2) is 4.98 Å². The lowest BCUT2D eigenvalue weighted by Gasteiger charge is -2.08. The van der Waals surface area contributed by atoms with Gasteiger partial charge in [-0.2, -0.15) is 0 Å². The summed E-state index contributed by atoms with van der Waals surface area (Å²) in [6.45, 7) is 0.484. The van der Waals surface area contributed by atoms with Gasteiger partial charge in [0.2, 0.25) is 0 Å². The quantitative estimate of drug-likeness (QED) is 0.732. The van der Waals surface area contributed by atoms with Crippen LogP contribution in [0.5, 0.6) is 5.75 Å². The third-order valence-electron chi connectivity index (χ3n) is 3.32. The minimum atomic E-state index is -0.0443. The molecule has 5 heteroatoms. The van der Waals surface area contributed by atoms with E-state index in [0.29, 0.717) is 17.4 Å². The average Bonchev–Trinajstić information content (AvgIpc) is 2.51. The van der Waals surface area contributed by atoms with E-state index in [2.05, 4.69) is 20.9 Å². The molecule has 0 bridgehead atoms. The van der Waals surface area contributed by atoms with Gasteiger partial charge >= 0.3 is 0 Å². The standard InChI is InChI=1S/C16H13BrN2O2/c1-21-12-7-5-11(6-8-12)9-19-10-18-15-13(16(19)20)3-2-4-14(15)17/h2-8,10H,9H2,1H3. The Hall–Kier alpha value is -2.14. The molecule has 3 rings (SSSR count). The molecule has 0 unspecified atom stereocenters. The van der Waals surface area contributed by atoms with Gasteiger partial charge in [0.15, 0.2) is 0 Å². The van der Waals surface area contributed by atoms with E-state index in [-0.39, 0.29) is 5.56 Å². The number of ether oxygens (including phenoxy) is 1. The smallest absolute Gasteiger partial charge is 0.261 e. The van der Waals surface area contributed by atoms with Crippen LogP contribution < -0.4 is 10.3 Å². The Labute approximate surface area is 130 Å². The van der Waals surface area contributed by atoms with Crippen molar-refractivity contribution in [3.63, 3.8) is 0 Å². The molecule has 1 aromatic heterocycles. The van der Waals surface area contributed by atoms with Crippen molar-refractivity contribution in [3.8, 4) is 5.75 Å². The van der Waals surface area contributed by atoms with Gasteiger partial charge < -0.3 is 4.74 Å². The summed E-state index contributed by atoms with van der Waals surface area (Å²) in [5.74, 6) is 0.798. The Kier molecular flexibility index (Phi) is 3.75. The highest BCUT2D eigenvalue weighted by Gasteiger charge is 2.07. The number of benzene rings is 2. The topological polar surface area (TPSA) is 44.1 Å². The minimum Gasteiger partial charge on any atom is -0.497 e. The summed E-state index contributed by atoms with van der Waals surface area (Å²) in [6.07, 6.45) is 1.58. The number of para-hydroxylation sites is 1. The summed E-state index contributed by atoms with van der Waals surface area (Å²) in [5, 5.41) is 0.611. The molecular formula is C16H13BrN2O2. The van der Waals surface area contributed by atoms with E-state index < -0.39 is 0 Å². The number of hydrogen-bond donors (Lipinski definition) is 0. The third kappa shape index (κ3) is 2.69. The maximum atomic E-state index is 12.5. The molecule has 1 heterocycles. The molecule has 0 saturated heterocycles. The van der Waals surface area contributed by atoms with Crippen LogP contribution in [0.15, 0.2) is 58.1 Å². The van der Waals surface area contributed by atoms with Gasteiger partial charge in [0.25, 0.3) is 5.56 Å². The minimum absolute atomic E-state index is 0.0443. The predicted molar refractivity (Wildman–Crippen MR) is 85.8 cm³/mol. The highest BCUT2D eigenvalue weighted by molar-refractivity contribution is 9.10. The maximum Gasteiger partial charge on any atom is 0.261 e. The second kappa shape index (κ2) is 5.69. The second-order valence-corrected chi connectivity index (χ2v) is 5.52. The Morgan fingerprint density at radius 2 is 1.95 bits per heavy atom. The van der Waals surface area contributed by atoms with E-state index in [0.717, 1.165) is 15.8 Å². The highest BCUT2D eigenvalue weighted by Crippen LogP contribution is 2.19. The van der Waals surface area contributed by atoms with Crippen molar-refractivity contribution in [1.29, 1.82) is 0 Å². The molecule has 3 aromatic rings. The molecule has 0 aliphatic rings. The van der Waals surface area contributed by atoms with Crippen LogP contribution in [-0.2, 0) is 6.54 Å². The van der Waals surface area contributed by atoms with Gasteiger partial charge in [0.05, 0.1) is 30.9 Å². The molecule has 0 spiro atoms. The number of fused-ring (bicyclic) bond motifs is 1. The first-order chi connectivity index (χ1) is 10.2. The maximum absolute atomic E-state index is 12.5. The van der Waals surface area contributed by atoms with Crippen LogP contribution in [0.3, 0.4) is 0 Å². The summed E-state index contributed by atoms with van der Waals surface area (Å²) in [5.41, 5.74) is 1.67. The largest absolute Gasteiger partial charge is 0.497 e. The van der Waals surface area contributed by atoms with Crippen molar-refractivity contribution in [1.82, 2.24) is 9.55 Å². The van der Waals surface area contributed by atoms with E-state index in [1.807, 2.05) is 36.4 Å². The summed E-state index contributed by atoms with van der Waals surface area (Å²) < 4.78 is 7.56. The van der Waals surface area contributed by atoms with Crippen molar-refractivity contribution in [2.24, 2.45) is 0 Å². The number of rotatable bonds is 3. The number of aromatic nitrogens is 2. The van der Waals surface area contributed by atoms with Crippen molar-refractivity contribution in [2.75, 3.05) is 7.11 Å².